The first-order valence-electron chi connectivity index (χ1n) is 8.19. The van der Waals surface area contributed by atoms with Crippen molar-refractivity contribution in [2.75, 3.05) is 6.54 Å². The second-order valence-corrected chi connectivity index (χ2v) is 5.75. The second-order valence-electron chi connectivity index (χ2n) is 5.75. The Hall–Kier alpha value is -2.08. The lowest BCUT2D eigenvalue weighted by atomic mass is 10.1. The highest BCUT2D eigenvalue weighted by atomic mass is 35.5. The average Bonchev–Trinajstić information content (AvgIpc) is 2.61. The lowest BCUT2D eigenvalue weighted by Gasteiger charge is -2.18. The third-order valence-electron chi connectivity index (χ3n) is 3.77. The maximum atomic E-state index is 12.0. The molecule has 0 radical (unpaired) electrons. The molecular weight excluding hydrogens is 338 g/mol. The summed E-state index contributed by atoms with van der Waals surface area (Å²) in [5.41, 5.74) is 12.3. The van der Waals surface area contributed by atoms with Crippen LogP contribution in [0.15, 0.2) is 54.6 Å². The van der Waals surface area contributed by atoms with E-state index in [2.05, 4.69) is 5.32 Å². The fraction of sp³-hybridized carbons (Fsp3) is 0.316. The zero-order chi connectivity index (χ0) is 17.4. The minimum absolute atomic E-state index is 0. The fourth-order valence-electron chi connectivity index (χ4n) is 2.32. The molecule has 2 rings (SSSR count). The van der Waals surface area contributed by atoms with Crippen LogP contribution in [0.1, 0.15) is 31.4 Å². The van der Waals surface area contributed by atoms with E-state index in [0.29, 0.717) is 13.0 Å². The van der Waals surface area contributed by atoms with Gasteiger partial charge < -0.3 is 21.5 Å². The molecule has 5 nitrogen and oxygen atoms in total. The topological polar surface area (TPSA) is 90.4 Å². The number of benzene rings is 2. The van der Waals surface area contributed by atoms with Crippen molar-refractivity contribution < 1.29 is 9.53 Å². The van der Waals surface area contributed by atoms with Gasteiger partial charge in [0.25, 0.3) is 0 Å². The summed E-state index contributed by atoms with van der Waals surface area (Å²) in [7, 11) is 0. The monoisotopic (exact) mass is 363 g/mol. The van der Waals surface area contributed by atoms with Gasteiger partial charge in [0, 0.05) is 0 Å². The summed E-state index contributed by atoms with van der Waals surface area (Å²) in [6, 6.07) is 16.6. The number of amides is 1. The molecule has 0 saturated carbocycles. The third kappa shape index (κ3) is 6.74. The van der Waals surface area contributed by atoms with Crippen LogP contribution < -0.4 is 21.5 Å². The van der Waals surface area contributed by atoms with E-state index in [9.17, 15) is 4.79 Å². The highest BCUT2D eigenvalue weighted by Gasteiger charge is 2.16. The standard InChI is InChI=1S/C19H25N3O2.ClH/c1-14(22-19(23)18(21)8-5-13-20)15-9-11-17(12-10-15)24-16-6-3-2-4-7-16;/h2-4,6-7,9-12,14,18H,5,8,13,20-21H2,1H3,(H,22,23);1H/t14-,18+;/m0./s1. The molecule has 2 atom stereocenters. The normalized spacial score (nSPS) is 12.6. The average molecular weight is 364 g/mol. The molecule has 0 unspecified atom stereocenters. The molecule has 5 N–H and O–H groups in total. The first-order chi connectivity index (χ1) is 11.6. The van der Waals surface area contributed by atoms with Gasteiger partial charge in [0.2, 0.25) is 5.91 Å². The minimum Gasteiger partial charge on any atom is -0.457 e. The molecule has 25 heavy (non-hydrogen) atoms. The number of nitrogens with two attached hydrogens (primary N) is 2. The number of ether oxygens (including phenoxy) is 1. The van der Waals surface area contributed by atoms with E-state index in [-0.39, 0.29) is 24.4 Å². The van der Waals surface area contributed by atoms with E-state index in [1.54, 1.807) is 0 Å². The van der Waals surface area contributed by atoms with Crippen LogP contribution in [0.2, 0.25) is 0 Å². The van der Waals surface area contributed by atoms with Crippen LogP contribution in [0.25, 0.3) is 0 Å². The Morgan fingerprint density at radius 2 is 1.68 bits per heavy atom. The molecule has 1 amide bonds. The molecule has 0 heterocycles. The molecule has 2 aromatic rings. The third-order valence-corrected chi connectivity index (χ3v) is 3.77. The summed E-state index contributed by atoms with van der Waals surface area (Å²) in [6.45, 7) is 2.47. The van der Waals surface area contributed by atoms with Crippen LogP contribution in [0.5, 0.6) is 11.5 Å². The Morgan fingerprint density at radius 1 is 1.08 bits per heavy atom. The molecule has 0 spiro atoms. The van der Waals surface area contributed by atoms with Crippen molar-refractivity contribution in [1.82, 2.24) is 5.32 Å². The smallest absolute Gasteiger partial charge is 0.237 e. The molecule has 0 aliphatic rings. The molecule has 0 saturated heterocycles. The summed E-state index contributed by atoms with van der Waals surface area (Å²) in [6.07, 6.45) is 1.34. The van der Waals surface area contributed by atoms with Crippen molar-refractivity contribution in [2.24, 2.45) is 11.5 Å². The lowest BCUT2D eigenvalue weighted by Crippen LogP contribution is -2.41. The van der Waals surface area contributed by atoms with Crippen LogP contribution in [0.3, 0.4) is 0 Å². The van der Waals surface area contributed by atoms with Gasteiger partial charge in [0.05, 0.1) is 12.1 Å². The van der Waals surface area contributed by atoms with Gasteiger partial charge in [-0.2, -0.15) is 0 Å². The predicted octanol–water partition coefficient (Wildman–Crippen LogP) is 3.14. The van der Waals surface area contributed by atoms with E-state index in [0.717, 1.165) is 23.5 Å². The quantitative estimate of drug-likeness (QED) is 0.672. The Labute approximate surface area is 155 Å². The number of carbonyl (C=O) groups is 1. The molecule has 0 aliphatic carbocycles. The summed E-state index contributed by atoms with van der Waals surface area (Å²) < 4.78 is 5.76. The maximum Gasteiger partial charge on any atom is 0.237 e. The number of carbonyl (C=O) groups excluding carboxylic acids is 1. The second kappa shape index (κ2) is 10.7. The van der Waals surface area contributed by atoms with Crippen molar-refractivity contribution in [3.05, 3.63) is 60.2 Å². The molecule has 0 bridgehead atoms. The van der Waals surface area contributed by atoms with Gasteiger partial charge in [-0.3, -0.25) is 4.79 Å². The Balaban J connectivity index is 0.00000312. The van der Waals surface area contributed by atoms with E-state index < -0.39 is 6.04 Å². The summed E-state index contributed by atoms with van der Waals surface area (Å²) in [5, 5.41) is 2.93. The van der Waals surface area contributed by atoms with E-state index in [4.69, 9.17) is 16.2 Å². The zero-order valence-corrected chi connectivity index (χ0v) is 15.2. The first-order valence-corrected chi connectivity index (χ1v) is 8.19. The van der Waals surface area contributed by atoms with Gasteiger partial charge in [0.15, 0.2) is 0 Å². The van der Waals surface area contributed by atoms with E-state index >= 15 is 0 Å². The SMILES string of the molecule is C[C@H](NC(=O)[C@H](N)CCCN)c1ccc(Oc2ccccc2)cc1.Cl. The van der Waals surface area contributed by atoms with Crippen LogP contribution in [-0.4, -0.2) is 18.5 Å². The summed E-state index contributed by atoms with van der Waals surface area (Å²) >= 11 is 0. The largest absolute Gasteiger partial charge is 0.457 e. The van der Waals surface area contributed by atoms with Gasteiger partial charge in [-0.1, -0.05) is 30.3 Å². The van der Waals surface area contributed by atoms with Crippen molar-refractivity contribution in [2.45, 2.75) is 31.8 Å². The van der Waals surface area contributed by atoms with Crippen LogP contribution in [-0.2, 0) is 4.79 Å². The van der Waals surface area contributed by atoms with Crippen LogP contribution >= 0.6 is 12.4 Å². The molecule has 0 aliphatic heterocycles. The van der Waals surface area contributed by atoms with Crippen molar-refractivity contribution >= 4 is 18.3 Å². The number of hydrogen-bond donors (Lipinski definition) is 3. The molecule has 0 aromatic heterocycles. The fourth-order valence-corrected chi connectivity index (χ4v) is 2.32. The van der Waals surface area contributed by atoms with Gasteiger partial charge in [-0.05, 0) is 56.1 Å². The van der Waals surface area contributed by atoms with Gasteiger partial charge in [0.1, 0.15) is 11.5 Å². The number of rotatable bonds is 8. The van der Waals surface area contributed by atoms with Crippen LogP contribution in [0, 0.1) is 0 Å². The van der Waals surface area contributed by atoms with Crippen molar-refractivity contribution in [3.8, 4) is 11.5 Å². The molecule has 0 fully saturated rings. The summed E-state index contributed by atoms with van der Waals surface area (Å²) in [4.78, 5) is 12.0. The van der Waals surface area contributed by atoms with E-state index in [1.165, 1.54) is 0 Å². The Morgan fingerprint density at radius 3 is 2.28 bits per heavy atom. The minimum atomic E-state index is -0.517. The number of halogens is 1. The molecular formula is C19H26ClN3O2. The zero-order valence-electron chi connectivity index (χ0n) is 14.4. The highest BCUT2D eigenvalue weighted by Crippen LogP contribution is 2.23. The van der Waals surface area contributed by atoms with Gasteiger partial charge in [-0.15, -0.1) is 12.4 Å². The van der Waals surface area contributed by atoms with Gasteiger partial charge >= 0.3 is 0 Å². The van der Waals surface area contributed by atoms with Gasteiger partial charge in [-0.25, -0.2) is 0 Å². The van der Waals surface area contributed by atoms with Crippen molar-refractivity contribution in [3.63, 3.8) is 0 Å². The number of hydrogen-bond acceptors (Lipinski definition) is 4. The Bertz CT molecular complexity index is 635. The maximum absolute atomic E-state index is 12.0. The number of nitrogens with one attached hydrogen (secondary N) is 1. The van der Waals surface area contributed by atoms with Crippen LogP contribution in [0.4, 0.5) is 0 Å². The van der Waals surface area contributed by atoms with Crippen molar-refractivity contribution in [1.29, 1.82) is 0 Å². The summed E-state index contributed by atoms with van der Waals surface area (Å²) in [5.74, 6) is 1.39. The predicted molar refractivity (Wildman–Crippen MR) is 103 cm³/mol. The highest BCUT2D eigenvalue weighted by molar-refractivity contribution is 5.85. The molecule has 2 aromatic carbocycles. The number of para-hydroxylation sites is 1. The molecule has 136 valence electrons. The Kier molecular flexibility index (Phi) is 8.99. The molecule has 6 heteroatoms. The first kappa shape index (κ1) is 21.0. The van der Waals surface area contributed by atoms with E-state index in [1.807, 2.05) is 61.5 Å². The lowest BCUT2D eigenvalue weighted by molar-refractivity contribution is -0.123.